The highest BCUT2D eigenvalue weighted by molar-refractivity contribution is 7.90. The fraction of sp³-hybridized carbons (Fsp3) is 0.400. The molecule has 0 amide bonds. The van der Waals surface area contributed by atoms with Crippen LogP contribution in [-0.4, -0.2) is 26.2 Å². The molecule has 7 heteroatoms. The Morgan fingerprint density at radius 3 is 2.59 bits per heavy atom. The molecule has 1 heterocycles. The first-order valence-electron chi connectivity index (χ1n) is 4.79. The minimum Gasteiger partial charge on any atom is -0.330 e. The van der Waals surface area contributed by atoms with E-state index >= 15 is 0 Å². The summed E-state index contributed by atoms with van der Waals surface area (Å²) in [7, 11) is -3.46. The number of hydrogen-bond donors (Lipinski definition) is 1. The maximum atomic E-state index is 11.4. The van der Waals surface area contributed by atoms with Gasteiger partial charge in [0.15, 0.2) is 14.9 Å². The average molecular weight is 276 g/mol. The highest BCUT2D eigenvalue weighted by atomic mass is 35.5. The third-order valence-corrected chi connectivity index (χ3v) is 3.04. The van der Waals surface area contributed by atoms with Crippen molar-refractivity contribution < 1.29 is 8.42 Å². The quantitative estimate of drug-likeness (QED) is 0.871. The predicted octanol–water partition coefficient (Wildman–Crippen LogP) is 0.670. The Labute approximate surface area is 107 Å². The van der Waals surface area contributed by atoms with Crippen LogP contribution in [0.25, 0.3) is 0 Å². The van der Waals surface area contributed by atoms with Gasteiger partial charge in [0.1, 0.15) is 6.07 Å². The van der Waals surface area contributed by atoms with Gasteiger partial charge in [0.25, 0.3) is 0 Å². The molecule has 0 saturated heterocycles. The summed E-state index contributed by atoms with van der Waals surface area (Å²) in [6.45, 7) is 0.524. The summed E-state index contributed by atoms with van der Waals surface area (Å²) >= 11 is 0. The molecule has 2 N–H and O–H groups in total. The first-order valence-corrected chi connectivity index (χ1v) is 6.68. The van der Waals surface area contributed by atoms with Crippen molar-refractivity contribution in [2.24, 2.45) is 5.73 Å². The zero-order valence-corrected chi connectivity index (χ0v) is 11.0. The van der Waals surface area contributed by atoms with E-state index in [9.17, 15) is 8.42 Å². The highest BCUT2D eigenvalue weighted by Crippen LogP contribution is 2.13. The van der Waals surface area contributed by atoms with E-state index in [4.69, 9.17) is 11.0 Å². The van der Waals surface area contributed by atoms with Crippen molar-refractivity contribution in [3.63, 3.8) is 0 Å². The molecule has 0 unspecified atom stereocenters. The maximum absolute atomic E-state index is 11.4. The van der Waals surface area contributed by atoms with Crippen LogP contribution >= 0.6 is 12.4 Å². The van der Waals surface area contributed by atoms with E-state index in [1.54, 1.807) is 6.07 Å². The van der Waals surface area contributed by atoms with Crippen LogP contribution in [0.3, 0.4) is 0 Å². The minimum atomic E-state index is -3.46. The summed E-state index contributed by atoms with van der Waals surface area (Å²) in [5.74, 6) is 0. The van der Waals surface area contributed by atoms with E-state index in [1.165, 1.54) is 6.07 Å². The number of aromatic nitrogens is 1. The Hall–Kier alpha value is -1.16. The van der Waals surface area contributed by atoms with Gasteiger partial charge in [-0.1, -0.05) is 0 Å². The van der Waals surface area contributed by atoms with E-state index in [-0.39, 0.29) is 23.0 Å². The second-order valence-corrected chi connectivity index (χ2v) is 5.36. The Morgan fingerprint density at radius 1 is 1.47 bits per heavy atom. The first kappa shape index (κ1) is 15.8. The lowest BCUT2D eigenvalue weighted by Crippen LogP contribution is -2.07. The lowest BCUT2D eigenvalue weighted by Gasteiger charge is -2.04. The topological polar surface area (TPSA) is 96.8 Å². The normalized spacial score (nSPS) is 10.4. The molecule has 0 atom stereocenters. The number of aryl methyl sites for hydroxylation is 1. The molecule has 0 radical (unpaired) electrons. The fourth-order valence-corrected chi connectivity index (χ4v) is 2.07. The van der Waals surface area contributed by atoms with Crippen molar-refractivity contribution in [2.75, 3.05) is 12.8 Å². The molecule has 0 bridgehead atoms. The summed E-state index contributed by atoms with van der Waals surface area (Å²) < 4.78 is 22.8. The molecular formula is C10H14ClN3O2S. The lowest BCUT2D eigenvalue weighted by atomic mass is 10.2. The van der Waals surface area contributed by atoms with Crippen molar-refractivity contribution in [3.05, 3.63) is 23.4 Å². The Morgan fingerprint density at radius 2 is 2.12 bits per heavy atom. The van der Waals surface area contributed by atoms with Crippen molar-refractivity contribution in [1.82, 2.24) is 4.98 Å². The Kier molecular flexibility index (Phi) is 6.10. The third kappa shape index (κ3) is 4.30. The SMILES string of the molecule is CS(=O)(=O)c1nc(CCCN)ccc1C#N.Cl. The number of nitrogens with two attached hydrogens (primary N) is 1. The van der Waals surface area contributed by atoms with Crippen LogP contribution in [-0.2, 0) is 16.3 Å². The van der Waals surface area contributed by atoms with Crippen molar-refractivity contribution in [2.45, 2.75) is 17.9 Å². The number of sulfone groups is 1. The van der Waals surface area contributed by atoms with Crippen LogP contribution in [0.5, 0.6) is 0 Å². The molecule has 0 aliphatic carbocycles. The van der Waals surface area contributed by atoms with Crippen LogP contribution in [0.4, 0.5) is 0 Å². The van der Waals surface area contributed by atoms with Crippen molar-refractivity contribution in [1.29, 1.82) is 5.26 Å². The summed E-state index contributed by atoms with van der Waals surface area (Å²) in [5, 5.41) is 8.63. The molecule has 0 aliphatic rings. The van der Waals surface area contributed by atoms with E-state index < -0.39 is 9.84 Å². The molecule has 94 valence electrons. The molecule has 1 aromatic heterocycles. The summed E-state index contributed by atoms with van der Waals surface area (Å²) in [5.41, 5.74) is 6.08. The molecular weight excluding hydrogens is 262 g/mol. The summed E-state index contributed by atoms with van der Waals surface area (Å²) in [4.78, 5) is 3.99. The number of rotatable bonds is 4. The fourth-order valence-electron chi connectivity index (χ4n) is 1.27. The van der Waals surface area contributed by atoms with Gasteiger partial charge in [-0.3, -0.25) is 0 Å². The maximum Gasteiger partial charge on any atom is 0.194 e. The third-order valence-electron chi connectivity index (χ3n) is 2.03. The molecule has 1 rings (SSSR count). The monoisotopic (exact) mass is 275 g/mol. The zero-order valence-electron chi connectivity index (χ0n) is 9.38. The molecule has 5 nitrogen and oxygen atoms in total. The van der Waals surface area contributed by atoms with E-state index in [0.29, 0.717) is 18.7 Å². The second kappa shape index (κ2) is 6.55. The van der Waals surface area contributed by atoms with Crippen LogP contribution < -0.4 is 5.73 Å². The van der Waals surface area contributed by atoms with Crippen LogP contribution in [0, 0.1) is 11.3 Å². The van der Waals surface area contributed by atoms with Gasteiger partial charge in [0.05, 0.1) is 5.56 Å². The molecule has 0 fully saturated rings. The molecule has 0 aromatic carbocycles. The number of pyridine rings is 1. The van der Waals surface area contributed by atoms with Gasteiger partial charge in [0, 0.05) is 11.9 Å². The van der Waals surface area contributed by atoms with E-state index in [2.05, 4.69) is 4.98 Å². The van der Waals surface area contributed by atoms with Gasteiger partial charge in [-0.25, -0.2) is 13.4 Å². The van der Waals surface area contributed by atoms with Gasteiger partial charge >= 0.3 is 0 Å². The van der Waals surface area contributed by atoms with Gasteiger partial charge in [-0.2, -0.15) is 5.26 Å². The average Bonchev–Trinajstić information content (AvgIpc) is 2.24. The zero-order chi connectivity index (χ0) is 12.2. The molecule has 0 spiro atoms. The standard InChI is InChI=1S/C10H13N3O2S.ClH/c1-16(14,15)10-8(7-12)4-5-9(13-10)3-2-6-11;/h4-5H,2-3,6,11H2,1H3;1H. The minimum absolute atomic E-state index is 0. The smallest absolute Gasteiger partial charge is 0.194 e. The van der Waals surface area contributed by atoms with Gasteiger partial charge in [0.2, 0.25) is 0 Å². The molecule has 0 aliphatic heterocycles. The number of halogens is 1. The lowest BCUT2D eigenvalue weighted by molar-refractivity contribution is 0.597. The molecule has 0 saturated carbocycles. The van der Waals surface area contributed by atoms with E-state index in [1.807, 2.05) is 6.07 Å². The van der Waals surface area contributed by atoms with Crippen molar-refractivity contribution in [3.8, 4) is 6.07 Å². The van der Waals surface area contributed by atoms with Gasteiger partial charge in [-0.15, -0.1) is 12.4 Å². The number of nitrogens with zero attached hydrogens (tertiary/aromatic N) is 2. The highest BCUT2D eigenvalue weighted by Gasteiger charge is 2.15. The summed E-state index contributed by atoms with van der Waals surface area (Å²) in [6, 6.07) is 4.96. The van der Waals surface area contributed by atoms with E-state index in [0.717, 1.165) is 12.7 Å². The van der Waals surface area contributed by atoms with Crippen LogP contribution in [0.15, 0.2) is 17.2 Å². The largest absolute Gasteiger partial charge is 0.330 e. The molecule has 17 heavy (non-hydrogen) atoms. The Bertz CT molecular complexity index is 523. The summed E-state index contributed by atoms with van der Waals surface area (Å²) in [6.07, 6.45) is 2.40. The molecule has 1 aromatic rings. The van der Waals surface area contributed by atoms with Gasteiger partial charge in [-0.05, 0) is 31.5 Å². The number of hydrogen-bond acceptors (Lipinski definition) is 5. The van der Waals surface area contributed by atoms with Gasteiger partial charge < -0.3 is 5.73 Å². The van der Waals surface area contributed by atoms with Crippen molar-refractivity contribution >= 4 is 22.2 Å². The number of nitriles is 1. The van der Waals surface area contributed by atoms with Crippen LogP contribution in [0.1, 0.15) is 17.7 Å². The Balaban J connectivity index is 0.00000256. The van der Waals surface area contributed by atoms with Crippen LogP contribution in [0.2, 0.25) is 0 Å². The first-order chi connectivity index (χ1) is 7.49. The predicted molar refractivity (Wildman–Crippen MR) is 66.7 cm³/mol. The second-order valence-electron chi connectivity index (χ2n) is 3.43.